The highest BCUT2D eigenvalue weighted by Crippen LogP contribution is 2.25. The maximum absolute atomic E-state index is 9.13. The fraction of sp³-hybridized carbons (Fsp3) is 0.667. The van der Waals surface area contributed by atoms with Crippen molar-refractivity contribution in [3.63, 3.8) is 0 Å². The second-order valence-electron chi connectivity index (χ2n) is 5.65. The number of anilines is 1. The fourth-order valence-corrected chi connectivity index (χ4v) is 3.11. The Hall–Kier alpha value is -1.47. The molecular formula is C15H24N4. The Morgan fingerprint density at radius 2 is 2.00 bits per heavy atom. The van der Waals surface area contributed by atoms with E-state index in [-0.39, 0.29) is 0 Å². The van der Waals surface area contributed by atoms with E-state index in [0.29, 0.717) is 11.4 Å². The van der Waals surface area contributed by atoms with Gasteiger partial charge < -0.3 is 15.2 Å². The summed E-state index contributed by atoms with van der Waals surface area (Å²) in [6, 6.07) is 2.94. The third kappa shape index (κ3) is 2.62. The molecule has 19 heavy (non-hydrogen) atoms. The van der Waals surface area contributed by atoms with Crippen molar-refractivity contribution in [2.45, 2.75) is 52.1 Å². The second kappa shape index (κ2) is 5.66. The summed E-state index contributed by atoms with van der Waals surface area (Å²) in [6.45, 7) is 5.88. The monoisotopic (exact) mass is 260 g/mol. The molecule has 0 amide bonds. The number of nitrogens with two attached hydrogens (primary N) is 1. The van der Waals surface area contributed by atoms with Crippen molar-refractivity contribution < 1.29 is 0 Å². The quantitative estimate of drug-likeness (QED) is 0.904. The molecule has 0 saturated heterocycles. The highest BCUT2D eigenvalue weighted by molar-refractivity contribution is 5.57. The van der Waals surface area contributed by atoms with Gasteiger partial charge in [-0.05, 0) is 39.3 Å². The Morgan fingerprint density at radius 1 is 1.37 bits per heavy atom. The van der Waals surface area contributed by atoms with E-state index in [1.807, 2.05) is 13.8 Å². The molecular weight excluding hydrogens is 236 g/mol. The van der Waals surface area contributed by atoms with Crippen LogP contribution in [-0.4, -0.2) is 29.1 Å². The maximum Gasteiger partial charge on any atom is 0.122 e. The lowest BCUT2D eigenvalue weighted by Gasteiger charge is -2.24. The first-order valence-corrected chi connectivity index (χ1v) is 7.11. The van der Waals surface area contributed by atoms with Gasteiger partial charge in [0.15, 0.2) is 0 Å². The van der Waals surface area contributed by atoms with Crippen LogP contribution in [0.2, 0.25) is 0 Å². The van der Waals surface area contributed by atoms with Gasteiger partial charge in [0, 0.05) is 24.8 Å². The number of hydrogen-bond donors (Lipinski definition) is 1. The molecule has 0 unspecified atom stereocenters. The van der Waals surface area contributed by atoms with Gasteiger partial charge in [0.05, 0.1) is 5.56 Å². The van der Waals surface area contributed by atoms with Crippen LogP contribution in [0, 0.1) is 25.2 Å². The molecule has 1 aliphatic rings. The van der Waals surface area contributed by atoms with Crippen molar-refractivity contribution in [2.75, 3.05) is 19.3 Å². The fourth-order valence-electron chi connectivity index (χ4n) is 3.11. The second-order valence-corrected chi connectivity index (χ2v) is 5.65. The van der Waals surface area contributed by atoms with Crippen molar-refractivity contribution in [1.29, 1.82) is 5.26 Å². The molecule has 1 saturated carbocycles. The normalized spacial score (nSPS) is 16.2. The van der Waals surface area contributed by atoms with Crippen molar-refractivity contribution in [3.8, 4) is 6.07 Å². The zero-order chi connectivity index (χ0) is 14.0. The van der Waals surface area contributed by atoms with Crippen LogP contribution >= 0.6 is 0 Å². The topological polar surface area (TPSA) is 58.0 Å². The zero-order valence-electron chi connectivity index (χ0n) is 12.2. The molecule has 2 rings (SSSR count). The third-order valence-corrected chi connectivity index (χ3v) is 4.61. The summed E-state index contributed by atoms with van der Waals surface area (Å²) in [5.41, 5.74) is 8.85. The molecule has 0 aliphatic heterocycles. The molecule has 1 heterocycles. The summed E-state index contributed by atoms with van der Waals surface area (Å²) in [4.78, 5) is 2.44. The van der Waals surface area contributed by atoms with Gasteiger partial charge in [-0.1, -0.05) is 12.8 Å². The van der Waals surface area contributed by atoms with Crippen molar-refractivity contribution in [1.82, 2.24) is 9.47 Å². The minimum absolute atomic E-state index is 0.623. The first kappa shape index (κ1) is 14.0. The van der Waals surface area contributed by atoms with Gasteiger partial charge in [-0.3, -0.25) is 0 Å². The lowest BCUT2D eigenvalue weighted by Crippen LogP contribution is -2.32. The summed E-state index contributed by atoms with van der Waals surface area (Å²) in [6.07, 6.45) is 5.35. The average Bonchev–Trinajstić information content (AvgIpc) is 2.98. The van der Waals surface area contributed by atoms with Crippen molar-refractivity contribution in [3.05, 3.63) is 16.8 Å². The molecule has 104 valence electrons. The molecule has 1 aromatic rings. The molecule has 1 aliphatic carbocycles. The maximum atomic E-state index is 9.13. The van der Waals surface area contributed by atoms with Crippen LogP contribution < -0.4 is 5.73 Å². The highest BCUT2D eigenvalue weighted by Gasteiger charge is 2.20. The van der Waals surface area contributed by atoms with E-state index in [9.17, 15) is 0 Å². The number of likely N-dealkylation sites (N-methyl/N-ethyl adjacent to an activating group) is 1. The summed E-state index contributed by atoms with van der Waals surface area (Å²) in [5.74, 6) is 0.623. The predicted molar refractivity (Wildman–Crippen MR) is 77.9 cm³/mol. The molecule has 1 fully saturated rings. The van der Waals surface area contributed by atoms with Crippen molar-refractivity contribution >= 4 is 5.82 Å². The first-order valence-electron chi connectivity index (χ1n) is 7.11. The van der Waals surface area contributed by atoms with Crippen LogP contribution in [0.3, 0.4) is 0 Å². The molecule has 4 nitrogen and oxygen atoms in total. The van der Waals surface area contributed by atoms with Gasteiger partial charge >= 0.3 is 0 Å². The van der Waals surface area contributed by atoms with Gasteiger partial charge in [-0.25, -0.2) is 0 Å². The molecule has 0 bridgehead atoms. The van der Waals surface area contributed by atoms with Crippen LogP contribution in [0.1, 0.15) is 42.5 Å². The highest BCUT2D eigenvalue weighted by atomic mass is 15.2. The Kier molecular flexibility index (Phi) is 4.16. The predicted octanol–water partition coefficient (Wildman–Crippen LogP) is 2.43. The Balaban J connectivity index is 2.05. The van der Waals surface area contributed by atoms with Gasteiger partial charge in [0.2, 0.25) is 0 Å². The molecule has 4 heteroatoms. The molecule has 0 spiro atoms. The average molecular weight is 260 g/mol. The van der Waals surface area contributed by atoms with Crippen LogP contribution in [-0.2, 0) is 6.54 Å². The van der Waals surface area contributed by atoms with E-state index < -0.39 is 0 Å². The van der Waals surface area contributed by atoms with Crippen LogP contribution in [0.5, 0.6) is 0 Å². The SMILES string of the molecule is Cc1c(C#N)c(N)n(CCN(C)C2CCCC2)c1C. The van der Waals surface area contributed by atoms with E-state index in [1.165, 1.54) is 25.7 Å². The molecule has 1 aromatic heterocycles. The largest absolute Gasteiger partial charge is 0.384 e. The minimum Gasteiger partial charge on any atom is -0.384 e. The Bertz CT molecular complexity index is 489. The van der Waals surface area contributed by atoms with Crippen LogP contribution in [0.4, 0.5) is 5.82 Å². The zero-order valence-corrected chi connectivity index (χ0v) is 12.2. The molecule has 2 N–H and O–H groups in total. The van der Waals surface area contributed by atoms with Gasteiger partial charge in [-0.2, -0.15) is 5.26 Å². The smallest absolute Gasteiger partial charge is 0.122 e. The number of rotatable bonds is 4. The van der Waals surface area contributed by atoms with Gasteiger partial charge in [-0.15, -0.1) is 0 Å². The standard InChI is InChI=1S/C15H24N4/c1-11-12(2)19(15(17)14(11)10-16)9-8-18(3)13-6-4-5-7-13/h13H,4-9,17H2,1-3H3. The van der Waals surface area contributed by atoms with Crippen LogP contribution in [0.25, 0.3) is 0 Å². The first-order chi connectivity index (χ1) is 9.06. The number of hydrogen-bond acceptors (Lipinski definition) is 3. The van der Waals surface area contributed by atoms with E-state index >= 15 is 0 Å². The van der Waals surface area contributed by atoms with E-state index in [1.54, 1.807) is 0 Å². The van der Waals surface area contributed by atoms with Crippen LogP contribution in [0.15, 0.2) is 0 Å². The number of nitriles is 1. The van der Waals surface area contributed by atoms with E-state index in [2.05, 4.69) is 22.6 Å². The summed E-state index contributed by atoms with van der Waals surface area (Å²) in [5, 5.41) is 9.13. The van der Waals surface area contributed by atoms with Gasteiger partial charge in [0.1, 0.15) is 11.9 Å². The summed E-state index contributed by atoms with van der Waals surface area (Å²) >= 11 is 0. The lowest BCUT2D eigenvalue weighted by atomic mass is 10.2. The molecule has 0 radical (unpaired) electrons. The lowest BCUT2D eigenvalue weighted by molar-refractivity contribution is 0.236. The summed E-state index contributed by atoms with van der Waals surface area (Å²) in [7, 11) is 2.20. The minimum atomic E-state index is 0.623. The number of aromatic nitrogens is 1. The summed E-state index contributed by atoms with van der Waals surface area (Å²) < 4.78 is 2.08. The number of nitrogens with zero attached hydrogens (tertiary/aromatic N) is 3. The Labute approximate surface area is 115 Å². The van der Waals surface area contributed by atoms with E-state index in [4.69, 9.17) is 11.0 Å². The third-order valence-electron chi connectivity index (χ3n) is 4.61. The van der Waals surface area contributed by atoms with Gasteiger partial charge in [0.25, 0.3) is 0 Å². The van der Waals surface area contributed by atoms with E-state index in [0.717, 1.165) is 30.4 Å². The number of nitrogen functional groups attached to an aromatic ring is 1. The molecule has 0 aromatic carbocycles. The molecule has 0 atom stereocenters. The van der Waals surface area contributed by atoms with Crippen molar-refractivity contribution in [2.24, 2.45) is 0 Å². The Morgan fingerprint density at radius 3 is 2.53 bits per heavy atom.